The van der Waals surface area contributed by atoms with Crippen molar-refractivity contribution in [2.24, 2.45) is 5.92 Å². The van der Waals surface area contributed by atoms with Crippen LogP contribution in [0.25, 0.3) is 0 Å². The number of benzene rings is 1. The van der Waals surface area contributed by atoms with Crippen LogP contribution in [0.4, 0.5) is 11.4 Å². The molecule has 1 rings (SSSR count). The molecule has 0 aliphatic rings. The molecule has 1 N–H and O–H groups in total. The Morgan fingerprint density at radius 2 is 1.88 bits per heavy atom. The van der Waals surface area contributed by atoms with E-state index < -0.39 is 0 Å². The Hall–Kier alpha value is -1.18. The van der Waals surface area contributed by atoms with Gasteiger partial charge in [0, 0.05) is 20.6 Å². The molecular formula is C14H24N2. The van der Waals surface area contributed by atoms with Crippen LogP contribution in [0.2, 0.25) is 0 Å². The highest BCUT2D eigenvalue weighted by atomic mass is 15.1. The van der Waals surface area contributed by atoms with Crippen molar-refractivity contribution in [2.45, 2.75) is 26.7 Å². The normalized spacial score (nSPS) is 10.6. The summed E-state index contributed by atoms with van der Waals surface area (Å²) in [5, 5.41) is 3.51. The maximum absolute atomic E-state index is 3.51. The zero-order chi connectivity index (χ0) is 12.0. The molecule has 0 radical (unpaired) electrons. The lowest BCUT2D eigenvalue weighted by atomic mass is 10.1. The largest absolute Gasteiger partial charge is 0.383 e. The summed E-state index contributed by atoms with van der Waals surface area (Å²) < 4.78 is 0. The molecule has 0 heterocycles. The lowest BCUT2D eigenvalue weighted by molar-refractivity contribution is 0.567. The van der Waals surface area contributed by atoms with E-state index in [1.54, 1.807) is 0 Å². The van der Waals surface area contributed by atoms with Crippen molar-refractivity contribution >= 4 is 11.4 Å². The Bertz CT molecular complexity index is 305. The van der Waals surface area contributed by atoms with Crippen molar-refractivity contribution < 1.29 is 0 Å². The van der Waals surface area contributed by atoms with Gasteiger partial charge in [0.25, 0.3) is 0 Å². The van der Waals surface area contributed by atoms with Crippen LogP contribution in [0.1, 0.15) is 26.7 Å². The smallest absolute Gasteiger partial charge is 0.0596 e. The third kappa shape index (κ3) is 4.13. The van der Waals surface area contributed by atoms with Crippen molar-refractivity contribution in [1.29, 1.82) is 0 Å². The van der Waals surface area contributed by atoms with Gasteiger partial charge >= 0.3 is 0 Å². The van der Waals surface area contributed by atoms with Gasteiger partial charge in [-0.15, -0.1) is 0 Å². The summed E-state index contributed by atoms with van der Waals surface area (Å²) >= 11 is 0. The molecule has 0 unspecified atom stereocenters. The second kappa shape index (κ2) is 6.41. The van der Waals surface area contributed by atoms with Crippen molar-refractivity contribution in [3.63, 3.8) is 0 Å². The zero-order valence-electron chi connectivity index (χ0n) is 11.0. The van der Waals surface area contributed by atoms with E-state index in [0.717, 1.165) is 12.5 Å². The number of para-hydroxylation sites is 2. The highest BCUT2D eigenvalue weighted by Crippen LogP contribution is 2.23. The van der Waals surface area contributed by atoms with Gasteiger partial charge in [0.2, 0.25) is 0 Å². The van der Waals surface area contributed by atoms with Gasteiger partial charge in [-0.25, -0.2) is 0 Å². The van der Waals surface area contributed by atoms with Crippen LogP contribution >= 0.6 is 0 Å². The molecule has 0 saturated carbocycles. The topological polar surface area (TPSA) is 15.3 Å². The van der Waals surface area contributed by atoms with Crippen LogP contribution in [-0.4, -0.2) is 20.6 Å². The highest BCUT2D eigenvalue weighted by Gasteiger charge is 2.02. The molecule has 0 aromatic heterocycles. The quantitative estimate of drug-likeness (QED) is 0.737. The second-order valence-electron chi connectivity index (χ2n) is 4.87. The van der Waals surface area contributed by atoms with E-state index >= 15 is 0 Å². The van der Waals surface area contributed by atoms with Crippen molar-refractivity contribution in [1.82, 2.24) is 0 Å². The average molecular weight is 220 g/mol. The molecule has 1 aromatic carbocycles. The molecule has 2 heteroatoms. The molecule has 2 nitrogen and oxygen atoms in total. The third-order valence-corrected chi connectivity index (χ3v) is 2.66. The zero-order valence-corrected chi connectivity index (χ0v) is 11.0. The van der Waals surface area contributed by atoms with Crippen LogP contribution < -0.4 is 10.2 Å². The first-order valence-corrected chi connectivity index (χ1v) is 6.11. The second-order valence-corrected chi connectivity index (χ2v) is 4.87. The Balaban J connectivity index is 2.47. The van der Waals surface area contributed by atoms with Crippen molar-refractivity contribution in [3.05, 3.63) is 24.3 Å². The van der Waals surface area contributed by atoms with Crippen LogP contribution in [0.5, 0.6) is 0 Å². The minimum absolute atomic E-state index is 0.797. The third-order valence-electron chi connectivity index (χ3n) is 2.66. The first-order valence-electron chi connectivity index (χ1n) is 6.11. The number of nitrogens with zero attached hydrogens (tertiary/aromatic N) is 1. The van der Waals surface area contributed by atoms with Gasteiger partial charge in [0.15, 0.2) is 0 Å². The maximum atomic E-state index is 3.51. The van der Waals surface area contributed by atoms with Gasteiger partial charge < -0.3 is 10.2 Å². The van der Waals surface area contributed by atoms with Gasteiger partial charge in [-0.3, -0.25) is 0 Å². The molecule has 0 saturated heterocycles. The molecule has 90 valence electrons. The number of nitrogens with one attached hydrogen (secondary N) is 1. The maximum Gasteiger partial charge on any atom is 0.0596 e. The molecule has 0 atom stereocenters. The SMILES string of the molecule is CC(C)CCCNc1ccccc1N(C)C. The molecule has 0 amide bonds. The van der Waals surface area contributed by atoms with Gasteiger partial charge in [0.05, 0.1) is 11.4 Å². The molecule has 0 aliphatic carbocycles. The average Bonchev–Trinajstić information content (AvgIpc) is 2.24. The van der Waals surface area contributed by atoms with Crippen molar-refractivity contribution in [2.75, 3.05) is 30.9 Å². The number of hydrogen-bond acceptors (Lipinski definition) is 2. The van der Waals surface area contributed by atoms with Gasteiger partial charge in [0.1, 0.15) is 0 Å². The van der Waals surface area contributed by atoms with E-state index in [0.29, 0.717) is 0 Å². The Kier molecular flexibility index (Phi) is 5.17. The summed E-state index contributed by atoms with van der Waals surface area (Å²) in [6.07, 6.45) is 2.52. The first kappa shape index (κ1) is 12.9. The number of hydrogen-bond donors (Lipinski definition) is 1. The van der Waals surface area contributed by atoms with Gasteiger partial charge in [-0.05, 0) is 30.9 Å². The van der Waals surface area contributed by atoms with E-state index in [1.165, 1.54) is 24.2 Å². The van der Waals surface area contributed by atoms with Crippen LogP contribution in [-0.2, 0) is 0 Å². The fraction of sp³-hybridized carbons (Fsp3) is 0.571. The predicted octanol–water partition coefficient (Wildman–Crippen LogP) is 3.60. The minimum atomic E-state index is 0.797. The molecule has 0 fully saturated rings. The molecule has 0 spiro atoms. The highest BCUT2D eigenvalue weighted by molar-refractivity contribution is 5.69. The minimum Gasteiger partial charge on any atom is -0.383 e. The van der Waals surface area contributed by atoms with Gasteiger partial charge in [-0.1, -0.05) is 26.0 Å². The molecular weight excluding hydrogens is 196 g/mol. The van der Waals surface area contributed by atoms with Gasteiger partial charge in [-0.2, -0.15) is 0 Å². The molecule has 1 aromatic rings. The monoisotopic (exact) mass is 220 g/mol. The van der Waals surface area contributed by atoms with Crippen LogP contribution in [0, 0.1) is 5.92 Å². The Morgan fingerprint density at radius 1 is 1.19 bits per heavy atom. The van der Waals surface area contributed by atoms with Crippen molar-refractivity contribution in [3.8, 4) is 0 Å². The summed E-state index contributed by atoms with van der Waals surface area (Å²) in [6.45, 7) is 5.60. The van der Waals surface area contributed by atoms with E-state index in [1.807, 2.05) is 0 Å². The molecule has 16 heavy (non-hydrogen) atoms. The molecule has 0 bridgehead atoms. The fourth-order valence-corrected chi connectivity index (χ4v) is 1.75. The standard InChI is InChI=1S/C14H24N2/c1-12(2)8-7-11-15-13-9-5-6-10-14(13)16(3)4/h5-6,9-10,12,15H,7-8,11H2,1-4H3. The lowest BCUT2D eigenvalue weighted by Gasteiger charge is -2.18. The lowest BCUT2D eigenvalue weighted by Crippen LogP contribution is -2.12. The summed E-state index contributed by atoms with van der Waals surface area (Å²) in [5.74, 6) is 0.797. The van der Waals surface area contributed by atoms with Crippen LogP contribution in [0.15, 0.2) is 24.3 Å². The predicted molar refractivity (Wildman–Crippen MR) is 73.3 cm³/mol. The summed E-state index contributed by atoms with van der Waals surface area (Å²) in [4.78, 5) is 2.14. The number of rotatable bonds is 6. The first-order chi connectivity index (χ1) is 7.61. The molecule has 0 aliphatic heterocycles. The van der Waals surface area contributed by atoms with E-state index in [2.05, 4.69) is 62.4 Å². The Labute approximate surface area is 99.7 Å². The summed E-state index contributed by atoms with van der Waals surface area (Å²) in [6, 6.07) is 8.45. The Morgan fingerprint density at radius 3 is 2.50 bits per heavy atom. The van der Waals surface area contributed by atoms with E-state index in [-0.39, 0.29) is 0 Å². The fourth-order valence-electron chi connectivity index (χ4n) is 1.75. The summed E-state index contributed by atoms with van der Waals surface area (Å²) in [5.41, 5.74) is 2.49. The van der Waals surface area contributed by atoms with E-state index in [9.17, 15) is 0 Å². The summed E-state index contributed by atoms with van der Waals surface area (Å²) in [7, 11) is 4.16. The van der Waals surface area contributed by atoms with Crippen LogP contribution in [0.3, 0.4) is 0 Å². The number of anilines is 2. The van der Waals surface area contributed by atoms with E-state index in [4.69, 9.17) is 0 Å².